The highest BCUT2D eigenvalue weighted by molar-refractivity contribution is 9.10. The van der Waals surface area contributed by atoms with Crippen LogP contribution in [-0.4, -0.2) is 6.29 Å². The summed E-state index contributed by atoms with van der Waals surface area (Å²) in [7, 11) is 0. The number of hydrogen-bond donors (Lipinski definition) is 0. The van der Waals surface area contributed by atoms with Crippen LogP contribution in [-0.2, 0) is 25.2 Å². The number of hydrogen-bond acceptors (Lipinski definition) is 2. The molecule has 3 aromatic carbocycles. The topological polar surface area (TPSA) is 40.9 Å². The second-order valence-electron chi connectivity index (χ2n) is 8.94. The normalized spacial score (nSPS) is 11.3. The molecule has 0 bridgehead atoms. The number of aryl methyl sites for hydroxylation is 2. The summed E-state index contributed by atoms with van der Waals surface area (Å²) in [6.45, 7) is 0. The predicted octanol–water partition coefficient (Wildman–Crippen LogP) is 9.98. The summed E-state index contributed by atoms with van der Waals surface area (Å²) in [4.78, 5) is 11.1. The molecule has 0 unspecified atom stereocenters. The van der Waals surface area contributed by atoms with Crippen molar-refractivity contribution < 1.29 is 31.1 Å². The first-order chi connectivity index (χ1) is 18.5. The van der Waals surface area contributed by atoms with Gasteiger partial charge in [-0.3, -0.25) is 4.79 Å². The number of nitrogens with zero attached hydrogens (tertiary/aromatic N) is 1. The smallest absolute Gasteiger partial charge is 0.298 e. The van der Waals surface area contributed by atoms with Gasteiger partial charge in [-0.05, 0) is 83.1 Å². The van der Waals surface area contributed by atoms with Gasteiger partial charge < -0.3 is 0 Å². The summed E-state index contributed by atoms with van der Waals surface area (Å²) in [5, 5.41) is 8.46. The molecular formula is C30H28BrF6NO. The van der Waals surface area contributed by atoms with E-state index in [-0.39, 0.29) is 11.1 Å². The third kappa shape index (κ3) is 11.3. The van der Waals surface area contributed by atoms with Crippen molar-refractivity contribution in [3.63, 3.8) is 0 Å². The average Bonchev–Trinajstić information content (AvgIpc) is 2.90. The molecule has 2 nitrogen and oxygen atoms in total. The van der Waals surface area contributed by atoms with Gasteiger partial charge in [-0.15, -0.1) is 0 Å². The monoisotopic (exact) mass is 611 g/mol. The fourth-order valence-electron chi connectivity index (χ4n) is 3.89. The molecule has 0 aliphatic heterocycles. The van der Waals surface area contributed by atoms with E-state index in [1.165, 1.54) is 37.0 Å². The Labute approximate surface area is 232 Å². The number of rotatable bonds is 10. The Morgan fingerprint density at radius 2 is 1.26 bits per heavy atom. The highest BCUT2D eigenvalue weighted by atomic mass is 79.9. The minimum Gasteiger partial charge on any atom is -0.298 e. The van der Waals surface area contributed by atoms with Crippen molar-refractivity contribution >= 4 is 22.2 Å². The second-order valence-corrected chi connectivity index (χ2v) is 9.79. The molecule has 0 atom stereocenters. The van der Waals surface area contributed by atoms with Gasteiger partial charge in [-0.1, -0.05) is 62.1 Å². The molecule has 208 valence electrons. The Morgan fingerprint density at radius 3 is 1.82 bits per heavy atom. The summed E-state index contributed by atoms with van der Waals surface area (Å²) in [5.74, 6) is 0. The van der Waals surface area contributed by atoms with Crippen LogP contribution in [0.5, 0.6) is 0 Å². The Hall–Kier alpha value is -3.12. The minimum absolute atomic E-state index is 0.0187. The number of halogens is 7. The van der Waals surface area contributed by atoms with Crippen molar-refractivity contribution in [3.05, 3.63) is 105 Å². The van der Waals surface area contributed by atoms with Gasteiger partial charge in [-0.2, -0.15) is 31.6 Å². The summed E-state index contributed by atoms with van der Waals surface area (Å²) < 4.78 is 74.7. The molecule has 0 saturated heterocycles. The first-order valence-corrected chi connectivity index (χ1v) is 13.2. The van der Waals surface area contributed by atoms with E-state index in [4.69, 9.17) is 5.26 Å². The Bertz CT molecular complexity index is 1230. The number of alkyl halides is 6. The van der Waals surface area contributed by atoms with Crippen LogP contribution in [0.4, 0.5) is 26.3 Å². The van der Waals surface area contributed by atoms with Crippen LogP contribution >= 0.6 is 15.9 Å². The maximum absolute atomic E-state index is 12.7. The minimum atomic E-state index is -4.41. The largest absolute Gasteiger partial charge is 0.416 e. The van der Waals surface area contributed by atoms with Crippen molar-refractivity contribution in [1.29, 1.82) is 5.26 Å². The molecule has 0 radical (unpaired) electrons. The van der Waals surface area contributed by atoms with Gasteiger partial charge in [0.05, 0.1) is 16.7 Å². The third-order valence-corrected chi connectivity index (χ3v) is 6.71. The van der Waals surface area contributed by atoms with Gasteiger partial charge in [0.15, 0.2) is 0 Å². The zero-order valence-electron chi connectivity index (χ0n) is 21.1. The van der Waals surface area contributed by atoms with E-state index in [1.54, 1.807) is 6.07 Å². The maximum atomic E-state index is 12.7. The molecule has 39 heavy (non-hydrogen) atoms. The van der Waals surface area contributed by atoms with Crippen molar-refractivity contribution in [2.45, 2.75) is 63.7 Å². The van der Waals surface area contributed by atoms with Crippen molar-refractivity contribution in [2.75, 3.05) is 0 Å². The lowest BCUT2D eigenvalue weighted by atomic mass is 9.98. The molecular weight excluding hydrogens is 584 g/mol. The van der Waals surface area contributed by atoms with E-state index in [2.05, 4.69) is 40.2 Å². The van der Waals surface area contributed by atoms with E-state index < -0.39 is 23.5 Å². The van der Waals surface area contributed by atoms with Gasteiger partial charge >= 0.3 is 12.4 Å². The zero-order chi connectivity index (χ0) is 28.9. The fourth-order valence-corrected chi connectivity index (χ4v) is 4.23. The van der Waals surface area contributed by atoms with E-state index in [1.807, 2.05) is 6.07 Å². The number of carbonyl (C=O) groups is 1. The van der Waals surface area contributed by atoms with E-state index >= 15 is 0 Å². The Morgan fingerprint density at radius 1 is 0.718 bits per heavy atom. The van der Waals surface area contributed by atoms with Gasteiger partial charge in [0.1, 0.15) is 12.4 Å². The fraction of sp³-hybridized carbons (Fsp3) is 0.333. The summed E-state index contributed by atoms with van der Waals surface area (Å²) in [6, 6.07) is 18.5. The second kappa shape index (κ2) is 15.5. The van der Waals surface area contributed by atoms with E-state index in [9.17, 15) is 31.1 Å². The molecule has 0 heterocycles. The molecule has 3 aromatic rings. The highest BCUT2D eigenvalue weighted by Gasteiger charge is 2.31. The summed E-state index contributed by atoms with van der Waals surface area (Å²) in [6.07, 6.45) is 0.0521. The lowest BCUT2D eigenvalue weighted by Crippen LogP contribution is -2.06. The standard InChI is InChI=1S/C22H25F3O.C8H3BrF3N/c23-22(24,25)21-15-14-19(20(16-21)17-26)13-9-4-2-1-3-6-10-18-11-7-5-8-12-18;9-7-2-1-6(8(10,11)12)3-5(7)4-13/h5,7-8,11-12,14-17H,1-4,6,9-10,13H2;1-3H. The molecule has 0 spiro atoms. The Balaban J connectivity index is 0.000000344. The SMILES string of the molecule is N#Cc1cc(C(F)(F)F)ccc1Br.O=Cc1cc(C(F)(F)F)ccc1CCCCCCCCc1ccccc1. The van der Waals surface area contributed by atoms with Crippen LogP contribution in [0, 0.1) is 11.3 Å². The molecule has 0 saturated carbocycles. The number of carbonyl (C=O) groups excluding carboxylic acids is 1. The number of unbranched alkanes of at least 4 members (excludes halogenated alkanes) is 5. The zero-order valence-corrected chi connectivity index (χ0v) is 22.7. The van der Waals surface area contributed by atoms with Crippen molar-refractivity contribution in [3.8, 4) is 6.07 Å². The lowest BCUT2D eigenvalue weighted by molar-refractivity contribution is -0.138. The van der Waals surface area contributed by atoms with E-state index in [0.717, 1.165) is 49.9 Å². The molecule has 0 N–H and O–H groups in total. The van der Waals surface area contributed by atoms with Crippen LogP contribution in [0.1, 0.15) is 76.7 Å². The third-order valence-electron chi connectivity index (χ3n) is 6.02. The molecule has 9 heteroatoms. The van der Waals surface area contributed by atoms with Crippen LogP contribution in [0.3, 0.4) is 0 Å². The first-order valence-electron chi connectivity index (χ1n) is 12.4. The Kier molecular flexibility index (Phi) is 12.7. The van der Waals surface area contributed by atoms with Gasteiger partial charge in [0, 0.05) is 10.0 Å². The van der Waals surface area contributed by atoms with Crippen LogP contribution in [0.2, 0.25) is 0 Å². The van der Waals surface area contributed by atoms with Crippen molar-refractivity contribution in [2.24, 2.45) is 0 Å². The lowest BCUT2D eigenvalue weighted by Gasteiger charge is -2.10. The number of aldehydes is 1. The molecule has 0 aliphatic rings. The van der Waals surface area contributed by atoms with Gasteiger partial charge in [0.25, 0.3) is 0 Å². The average molecular weight is 612 g/mol. The van der Waals surface area contributed by atoms with Crippen LogP contribution in [0.15, 0.2) is 71.2 Å². The van der Waals surface area contributed by atoms with Crippen LogP contribution < -0.4 is 0 Å². The molecule has 0 fully saturated rings. The number of nitriles is 1. The molecule has 3 rings (SSSR count). The summed E-state index contributed by atoms with van der Waals surface area (Å²) in [5.41, 5.74) is 0.639. The quantitative estimate of drug-likeness (QED) is 0.130. The van der Waals surface area contributed by atoms with E-state index in [0.29, 0.717) is 22.7 Å². The van der Waals surface area contributed by atoms with Gasteiger partial charge in [-0.25, -0.2) is 0 Å². The van der Waals surface area contributed by atoms with Crippen LogP contribution in [0.25, 0.3) is 0 Å². The molecule has 0 aliphatic carbocycles. The van der Waals surface area contributed by atoms with Crippen molar-refractivity contribution in [1.82, 2.24) is 0 Å². The molecule has 0 aromatic heterocycles. The first kappa shape index (κ1) is 32.1. The maximum Gasteiger partial charge on any atom is 0.416 e. The molecule has 0 amide bonds. The van der Waals surface area contributed by atoms with Gasteiger partial charge in [0.2, 0.25) is 0 Å². The number of benzene rings is 3. The highest BCUT2D eigenvalue weighted by Crippen LogP contribution is 2.32. The summed E-state index contributed by atoms with van der Waals surface area (Å²) >= 11 is 2.97. The predicted molar refractivity (Wildman–Crippen MR) is 142 cm³/mol.